The number of fused-ring (bicyclic) bond motifs is 1. The first kappa shape index (κ1) is 16.5. The van der Waals surface area contributed by atoms with Gasteiger partial charge in [0.25, 0.3) is 0 Å². The zero-order valence-electron chi connectivity index (χ0n) is 14.4. The number of carbonyl (C=O) groups excluding carboxylic acids is 1. The van der Waals surface area contributed by atoms with Crippen molar-refractivity contribution in [1.82, 2.24) is 14.5 Å². The molecule has 6 heteroatoms. The molecule has 1 fully saturated rings. The van der Waals surface area contributed by atoms with E-state index in [-0.39, 0.29) is 11.8 Å². The van der Waals surface area contributed by atoms with Crippen LogP contribution in [0, 0.1) is 5.92 Å². The molecule has 2 aromatic heterocycles. The number of hydrogen-bond acceptors (Lipinski definition) is 4. The molecule has 0 aromatic carbocycles. The monoisotopic (exact) mass is 357 g/mol. The maximum atomic E-state index is 12.6. The summed E-state index contributed by atoms with van der Waals surface area (Å²) >= 11 is 1.63. The van der Waals surface area contributed by atoms with E-state index in [0.29, 0.717) is 19.7 Å². The fourth-order valence-electron chi connectivity index (χ4n) is 3.34. The smallest absolute Gasteiger partial charge is 0.246 e. The number of thiophene rings is 1. The molecule has 1 unspecified atom stereocenters. The Hall–Kier alpha value is -1.92. The van der Waals surface area contributed by atoms with E-state index in [4.69, 9.17) is 4.74 Å². The SMILES string of the molecule is Cn1cnc2c1C(COCC1CC1)CN(C(=O)/C=C/c1cccs1)C2. The minimum atomic E-state index is 0.0388. The Labute approximate surface area is 151 Å². The van der Waals surface area contributed by atoms with E-state index in [1.54, 1.807) is 17.4 Å². The third kappa shape index (κ3) is 3.85. The van der Waals surface area contributed by atoms with E-state index in [2.05, 4.69) is 9.55 Å². The van der Waals surface area contributed by atoms with Gasteiger partial charge in [0, 0.05) is 42.8 Å². The molecule has 2 aromatic rings. The highest BCUT2D eigenvalue weighted by atomic mass is 32.1. The Bertz CT molecular complexity index is 762. The van der Waals surface area contributed by atoms with E-state index in [0.717, 1.165) is 23.1 Å². The van der Waals surface area contributed by atoms with Gasteiger partial charge in [0.05, 0.1) is 25.2 Å². The van der Waals surface area contributed by atoms with E-state index >= 15 is 0 Å². The maximum absolute atomic E-state index is 12.6. The molecule has 0 spiro atoms. The molecule has 25 heavy (non-hydrogen) atoms. The lowest BCUT2D eigenvalue weighted by molar-refractivity contribution is -0.127. The van der Waals surface area contributed by atoms with Gasteiger partial charge in [-0.3, -0.25) is 4.79 Å². The normalized spacial score (nSPS) is 20.2. The topological polar surface area (TPSA) is 47.4 Å². The van der Waals surface area contributed by atoms with Crippen molar-refractivity contribution in [2.24, 2.45) is 13.0 Å². The van der Waals surface area contributed by atoms with Gasteiger partial charge in [0.15, 0.2) is 0 Å². The second-order valence-corrected chi connectivity index (χ2v) is 7.91. The fourth-order valence-corrected chi connectivity index (χ4v) is 3.96. The van der Waals surface area contributed by atoms with E-state index < -0.39 is 0 Å². The number of amides is 1. The van der Waals surface area contributed by atoms with Crippen molar-refractivity contribution in [2.45, 2.75) is 25.3 Å². The molecule has 1 saturated carbocycles. The lowest BCUT2D eigenvalue weighted by atomic mass is 9.99. The van der Waals surface area contributed by atoms with Crippen LogP contribution in [0.4, 0.5) is 0 Å². The van der Waals surface area contributed by atoms with Crippen LogP contribution in [0.25, 0.3) is 6.08 Å². The molecule has 0 saturated heterocycles. The highest BCUT2D eigenvalue weighted by Crippen LogP contribution is 2.31. The number of imidazole rings is 1. The summed E-state index contributed by atoms with van der Waals surface area (Å²) < 4.78 is 8.00. The Balaban J connectivity index is 1.45. The van der Waals surface area contributed by atoms with Gasteiger partial charge in [-0.1, -0.05) is 6.07 Å². The van der Waals surface area contributed by atoms with Gasteiger partial charge in [-0.05, 0) is 36.3 Å². The molecule has 0 N–H and O–H groups in total. The average Bonchev–Trinajstić information content (AvgIpc) is 3.14. The van der Waals surface area contributed by atoms with Crippen molar-refractivity contribution in [3.05, 3.63) is 46.2 Å². The molecule has 2 aliphatic rings. The Morgan fingerprint density at radius 2 is 2.32 bits per heavy atom. The maximum Gasteiger partial charge on any atom is 0.246 e. The molecule has 0 radical (unpaired) electrons. The minimum Gasteiger partial charge on any atom is -0.380 e. The number of ether oxygens (including phenoxy) is 1. The van der Waals surface area contributed by atoms with Crippen molar-refractivity contribution in [1.29, 1.82) is 0 Å². The third-order valence-electron chi connectivity index (χ3n) is 4.85. The molecular weight excluding hydrogens is 334 g/mol. The van der Waals surface area contributed by atoms with Crippen LogP contribution in [-0.2, 0) is 23.1 Å². The lowest BCUT2D eigenvalue weighted by Gasteiger charge is -2.32. The summed E-state index contributed by atoms with van der Waals surface area (Å²) in [7, 11) is 2.02. The highest BCUT2D eigenvalue weighted by molar-refractivity contribution is 7.10. The van der Waals surface area contributed by atoms with E-state index in [1.807, 2.05) is 41.9 Å². The molecule has 4 rings (SSSR count). The Kier molecular flexibility index (Phi) is 4.72. The first-order chi connectivity index (χ1) is 12.2. The van der Waals surface area contributed by atoms with Crippen molar-refractivity contribution in [3.63, 3.8) is 0 Å². The van der Waals surface area contributed by atoms with Gasteiger partial charge in [0.2, 0.25) is 5.91 Å². The molecule has 1 aliphatic carbocycles. The molecule has 1 aliphatic heterocycles. The van der Waals surface area contributed by atoms with Crippen molar-refractivity contribution < 1.29 is 9.53 Å². The number of aromatic nitrogens is 2. The largest absolute Gasteiger partial charge is 0.380 e. The summed E-state index contributed by atoms with van der Waals surface area (Å²) in [6.07, 6.45) is 7.98. The number of carbonyl (C=O) groups is 1. The van der Waals surface area contributed by atoms with Crippen LogP contribution in [0.1, 0.15) is 35.0 Å². The molecule has 1 atom stereocenters. The number of rotatable bonds is 6. The molecule has 1 amide bonds. The zero-order valence-corrected chi connectivity index (χ0v) is 15.2. The van der Waals surface area contributed by atoms with E-state index in [1.165, 1.54) is 18.5 Å². The fraction of sp³-hybridized carbons (Fsp3) is 0.474. The van der Waals surface area contributed by atoms with E-state index in [9.17, 15) is 4.79 Å². The highest BCUT2D eigenvalue weighted by Gasteiger charge is 2.31. The average molecular weight is 357 g/mol. The summed E-state index contributed by atoms with van der Waals surface area (Å²) in [6.45, 7) is 2.76. The molecule has 5 nitrogen and oxygen atoms in total. The van der Waals surface area contributed by atoms with Crippen LogP contribution in [0.15, 0.2) is 29.9 Å². The number of nitrogens with zero attached hydrogens (tertiary/aromatic N) is 3. The summed E-state index contributed by atoms with van der Waals surface area (Å²) in [4.78, 5) is 20.1. The van der Waals surface area contributed by atoms with Crippen LogP contribution < -0.4 is 0 Å². The lowest BCUT2D eigenvalue weighted by Crippen LogP contribution is -2.39. The van der Waals surface area contributed by atoms with Crippen LogP contribution in [-0.4, -0.2) is 40.1 Å². The van der Waals surface area contributed by atoms with Crippen molar-refractivity contribution >= 4 is 23.3 Å². The summed E-state index contributed by atoms with van der Waals surface area (Å²) in [5, 5.41) is 2.01. The predicted octanol–water partition coefficient (Wildman–Crippen LogP) is 3.05. The van der Waals surface area contributed by atoms with Crippen molar-refractivity contribution in [2.75, 3.05) is 19.8 Å². The van der Waals surface area contributed by atoms with Crippen LogP contribution in [0.3, 0.4) is 0 Å². The Morgan fingerprint density at radius 3 is 3.08 bits per heavy atom. The van der Waals surface area contributed by atoms with Gasteiger partial charge < -0.3 is 14.2 Å². The quantitative estimate of drug-likeness (QED) is 0.747. The van der Waals surface area contributed by atoms with Gasteiger partial charge in [0.1, 0.15) is 0 Å². The summed E-state index contributed by atoms with van der Waals surface area (Å²) in [5.41, 5.74) is 2.20. The minimum absolute atomic E-state index is 0.0388. The molecule has 132 valence electrons. The summed E-state index contributed by atoms with van der Waals surface area (Å²) in [6, 6.07) is 4.00. The zero-order chi connectivity index (χ0) is 17.2. The standard InChI is InChI=1S/C19H23N3O2S/c1-21-13-20-17-10-22(18(23)7-6-16-3-2-8-25-16)9-15(19(17)21)12-24-11-14-4-5-14/h2-3,6-8,13-15H,4-5,9-12H2,1H3/b7-6+. The van der Waals surface area contributed by atoms with Gasteiger partial charge >= 0.3 is 0 Å². The Morgan fingerprint density at radius 1 is 1.44 bits per heavy atom. The molecule has 0 bridgehead atoms. The third-order valence-corrected chi connectivity index (χ3v) is 5.68. The molecule has 3 heterocycles. The first-order valence-corrected chi connectivity index (χ1v) is 9.67. The van der Waals surface area contributed by atoms with Crippen LogP contribution >= 0.6 is 11.3 Å². The van der Waals surface area contributed by atoms with Crippen LogP contribution in [0.5, 0.6) is 0 Å². The number of hydrogen-bond donors (Lipinski definition) is 0. The van der Waals surface area contributed by atoms with Gasteiger partial charge in [-0.25, -0.2) is 4.98 Å². The number of aryl methyl sites for hydroxylation is 1. The second kappa shape index (κ2) is 7.14. The molecular formula is C19H23N3O2S. The van der Waals surface area contributed by atoms with Gasteiger partial charge in [-0.15, -0.1) is 11.3 Å². The van der Waals surface area contributed by atoms with Crippen molar-refractivity contribution in [3.8, 4) is 0 Å². The first-order valence-electron chi connectivity index (χ1n) is 8.79. The van der Waals surface area contributed by atoms with Crippen LogP contribution in [0.2, 0.25) is 0 Å². The predicted molar refractivity (Wildman–Crippen MR) is 98.3 cm³/mol. The second-order valence-electron chi connectivity index (χ2n) is 6.93. The summed E-state index contributed by atoms with van der Waals surface area (Å²) in [5.74, 6) is 0.979. The van der Waals surface area contributed by atoms with Gasteiger partial charge in [-0.2, -0.15) is 0 Å².